The van der Waals surface area contributed by atoms with Gasteiger partial charge in [0.25, 0.3) is 5.91 Å². The first-order valence-electron chi connectivity index (χ1n) is 8.63. The molecule has 1 atom stereocenters. The zero-order chi connectivity index (χ0) is 18.8. The van der Waals surface area contributed by atoms with E-state index in [2.05, 4.69) is 10.1 Å². The molecule has 4 rings (SSSR count). The second kappa shape index (κ2) is 6.99. The molecule has 0 aliphatic carbocycles. The number of aromatic nitrogens is 3. The van der Waals surface area contributed by atoms with E-state index in [9.17, 15) is 4.79 Å². The highest BCUT2D eigenvalue weighted by molar-refractivity contribution is 6.07. The predicted octanol–water partition coefficient (Wildman–Crippen LogP) is 4.12. The van der Waals surface area contributed by atoms with E-state index in [1.807, 2.05) is 49.4 Å². The number of carbonyl (C=O) groups is 1. The van der Waals surface area contributed by atoms with Gasteiger partial charge in [0.1, 0.15) is 12.0 Å². The number of nitrogens with zero attached hydrogens (tertiary/aromatic N) is 4. The Kier molecular flexibility index (Phi) is 4.38. The van der Waals surface area contributed by atoms with Crippen molar-refractivity contribution in [2.24, 2.45) is 0 Å². The van der Waals surface area contributed by atoms with Crippen LogP contribution in [0.5, 0.6) is 0 Å². The maximum Gasteiger partial charge on any atom is 0.254 e. The van der Waals surface area contributed by atoms with Gasteiger partial charge in [-0.1, -0.05) is 23.4 Å². The van der Waals surface area contributed by atoms with Crippen LogP contribution in [0, 0.1) is 0 Å². The van der Waals surface area contributed by atoms with Gasteiger partial charge in [0, 0.05) is 36.5 Å². The molecule has 0 bridgehead atoms. The third-order valence-electron chi connectivity index (χ3n) is 4.71. The number of benzene rings is 1. The molecule has 0 spiro atoms. The first-order chi connectivity index (χ1) is 13.1. The standard InChI is InChI=1S/C21H18N4O2/c1-14(18-9-12-27-24-18)25(2)21(26)17-13-20(15-7-10-22-11-8-15)23-19-6-4-3-5-16(17)19/h3-14H,1-2H3/t14-/m0/s1. The normalized spacial score (nSPS) is 12.1. The fraction of sp³-hybridized carbons (Fsp3) is 0.143. The average molecular weight is 358 g/mol. The fourth-order valence-electron chi connectivity index (χ4n) is 3.02. The number of hydrogen-bond donors (Lipinski definition) is 0. The van der Waals surface area contributed by atoms with Crippen molar-refractivity contribution in [3.63, 3.8) is 0 Å². The van der Waals surface area contributed by atoms with E-state index in [4.69, 9.17) is 9.51 Å². The Balaban J connectivity index is 1.81. The molecular formula is C21H18N4O2. The van der Waals surface area contributed by atoms with Gasteiger partial charge in [0.05, 0.1) is 22.8 Å². The molecule has 3 heterocycles. The summed E-state index contributed by atoms with van der Waals surface area (Å²) >= 11 is 0. The van der Waals surface area contributed by atoms with E-state index >= 15 is 0 Å². The monoisotopic (exact) mass is 358 g/mol. The van der Waals surface area contributed by atoms with Gasteiger partial charge in [-0.15, -0.1) is 0 Å². The lowest BCUT2D eigenvalue weighted by atomic mass is 10.0. The Hall–Kier alpha value is -3.54. The van der Waals surface area contributed by atoms with Gasteiger partial charge in [0.15, 0.2) is 0 Å². The van der Waals surface area contributed by atoms with Crippen molar-refractivity contribution in [3.05, 3.63) is 78.4 Å². The summed E-state index contributed by atoms with van der Waals surface area (Å²) in [7, 11) is 1.77. The van der Waals surface area contributed by atoms with Crippen molar-refractivity contribution < 1.29 is 9.32 Å². The Bertz CT molecular complexity index is 1080. The summed E-state index contributed by atoms with van der Waals surface area (Å²) in [6, 6.07) is 14.8. The molecule has 0 aliphatic rings. The van der Waals surface area contributed by atoms with E-state index in [0.29, 0.717) is 11.3 Å². The zero-order valence-electron chi connectivity index (χ0n) is 15.0. The number of para-hydroxylation sites is 1. The minimum Gasteiger partial charge on any atom is -0.364 e. The maximum absolute atomic E-state index is 13.3. The van der Waals surface area contributed by atoms with Gasteiger partial charge >= 0.3 is 0 Å². The summed E-state index contributed by atoms with van der Waals surface area (Å²) in [6.07, 6.45) is 4.94. The van der Waals surface area contributed by atoms with Gasteiger partial charge in [-0.25, -0.2) is 4.98 Å². The molecule has 134 valence electrons. The SMILES string of the molecule is C[C@@H](c1ccon1)N(C)C(=O)c1cc(-c2ccncc2)nc2ccccc12. The molecule has 0 aliphatic heterocycles. The Morgan fingerprint density at radius 2 is 1.89 bits per heavy atom. The number of amides is 1. The molecule has 6 nitrogen and oxygen atoms in total. The van der Waals surface area contributed by atoms with Gasteiger partial charge in [-0.3, -0.25) is 9.78 Å². The van der Waals surface area contributed by atoms with Crippen molar-refractivity contribution in [3.8, 4) is 11.3 Å². The lowest BCUT2D eigenvalue weighted by molar-refractivity contribution is 0.0739. The third-order valence-corrected chi connectivity index (χ3v) is 4.71. The third kappa shape index (κ3) is 3.17. The second-order valence-corrected chi connectivity index (χ2v) is 6.32. The van der Waals surface area contributed by atoms with Crippen LogP contribution in [-0.4, -0.2) is 33.0 Å². The Morgan fingerprint density at radius 3 is 2.63 bits per heavy atom. The molecule has 4 aromatic rings. The predicted molar refractivity (Wildman–Crippen MR) is 102 cm³/mol. The van der Waals surface area contributed by atoms with Crippen LogP contribution in [0.25, 0.3) is 22.2 Å². The van der Waals surface area contributed by atoms with Gasteiger partial charge in [0.2, 0.25) is 0 Å². The molecule has 0 unspecified atom stereocenters. The summed E-state index contributed by atoms with van der Waals surface area (Å²) in [5.41, 5.74) is 3.74. The average Bonchev–Trinajstić information content (AvgIpc) is 3.27. The molecule has 27 heavy (non-hydrogen) atoms. The van der Waals surface area contributed by atoms with Crippen LogP contribution in [0.1, 0.15) is 29.0 Å². The first kappa shape index (κ1) is 16.9. The smallest absolute Gasteiger partial charge is 0.254 e. The molecule has 0 saturated carbocycles. The lowest BCUT2D eigenvalue weighted by Gasteiger charge is -2.24. The summed E-state index contributed by atoms with van der Waals surface area (Å²) in [5, 5.41) is 4.77. The van der Waals surface area contributed by atoms with E-state index in [1.54, 1.807) is 30.4 Å². The lowest BCUT2D eigenvalue weighted by Crippen LogP contribution is -2.30. The highest BCUT2D eigenvalue weighted by atomic mass is 16.5. The number of fused-ring (bicyclic) bond motifs is 1. The molecule has 1 amide bonds. The topological polar surface area (TPSA) is 72.1 Å². The summed E-state index contributed by atoms with van der Waals surface area (Å²) in [5.74, 6) is -0.0978. The Labute approximate surface area is 156 Å². The molecule has 0 radical (unpaired) electrons. The van der Waals surface area contributed by atoms with Crippen molar-refractivity contribution in [2.75, 3.05) is 7.05 Å². The van der Waals surface area contributed by atoms with Crippen LogP contribution in [0.4, 0.5) is 0 Å². The second-order valence-electron chi connectivity index (χ2n) is 6.32. The number of rotatable bonds is 4. The molecule has 0 N–H and O–H groups in total. The van der Waals surface area contributed by atoms with E-state index in [-0.39, 0.29) is 11.9 Å². The van der Waals surface area contributed by atoms with Gasteiger partial charge in [-0.05, 0) is 31.2 Å². The van der Waals surface area contributed by atoms with Crippen molar-refractivity contribution >= 4 is 16.8 Å². The van der Waals surface area contributed by atoms with E-state index < -0.39 is 0 Å². The van der Waals surface area contributed by atoms with Crippen LogP contribution in [-0.2, 0) is 0 Å². The zero-order valence-corrected chi connectivity index (χ0v) is 15.0. The highest BCUT2D eigenvalue weighted by Crippen LogP contribution is 2.27. The highest BCUT2D eigenvalue weighted by Gasteiger charge is 2.23. The van der Waals surface area contributed by atoms with Crippen LogP contribution < -0.4 is 0 Å². The Morgan fingerprint density at radius 1 is 1.11 bits per heavy atom. The van der Waals surface area contributed by atoms with E-state index in [0.717, 1.165) is 22.2 Å². The minimum atomic E-state index is -0.215. The van der Waals surface area contributed by atoms with Crippen LogP contribution in [0.3, 0.4) is 0 Å². The van der Waals surface area contributed by atoms with Crippen LogP contribution in [0.2, 0.25) is 0 Å². The number of hydrogen-bond acceptors (Lipinski definition) is 5. The van der Waals surface area contributed by atoms with Gasteiger partial charge in [-0.2, -0.15) is 0 Å². The molecule has 0 fully saturated rings. The quantitative estimate of drug-likeness (QED) is 0.549. The van der Waals surface area contributed by atoms with Crippen molar-refractivity contribution in [2.45, 2.75) is 13.0 Å². The van der Waals surface area contributed by atoms with Gasteiger partial charge < -0.3 is 9.42 Å². The molecule has 0 saturated heterocycles. The summed E-state index contributed by atoms with van der Waals surface area (Å²) in [6.45, 7) is 1.92. The fourth-order valence-corrected chi connectivity index (χ4v) is 3.02. The molecular weight excluding hydrogens is 340 g/mol. The molecule has 3 aromatic heterocycles. The summed E-state index contributed by atoms with van der Waals surface area (Å²) in [4.78, 5) is 23.7. The molecule has 6 heteroatoms. The van der Waals surface area contributed by atoms with Crippen molar-refractivity contribution in [1.82, 2.24) is 20.0 Å². The largest absolute Gasteiger partial charge is 0.364 e. The number of pyridine rings is 2. The first-order valence-corrected chi connectivity index (χ1v) is 8.63. The van der Waals surface area contributed by atoms with E-state index in [1.165, 1.54) is 6.26 Å². The maximum atomic E-state index is 13.3. The van der Waals surface area contributed by atoms with Crippen LogP contribution in [0.15, 0.2) is 71.7 Å². The van der Waals surface area contributed by atoms with Crippen molar-refractivity contribution in [1.29, 1.82) is 0 Å². The van der Waals surface area contributed by atoms with Crippen LogP contribution >= 0.6 is 0 Å². The summed E-state index contributed by atoms with van der Waals surface area (Å²) < 4.78 is 4.91. The minimum absolute atomic E-state index is 0.0978. The number of carbonyl (C=O) groups excluding carboxylic acids is 1. The molecule has 1 aromatic carbocycles.